The van der Waals surface area contributed by atoms with Crippen LogP contribution in [-0.2, 0) is 15.3 Å². The third-order valence-electron chi connectivity index (χ3n) is 5.85. The van der Waals surface area contributed by atoms with E-state index in [1.165, 1.54) is 35.1 Å². The van der Waals surface area contributed by atoms with Crippen LogP contribution in [0.5, 0.6) is 5.75 Å². The number of thioether (sulfide) groups is 1. The van der Waals surface area contributed by atoms with E-state index < -0.39 is 17.7 Å². The third kappa shape index (κ3) is 5.45. The normalized spacial score (nSPS) is 16.4. The molecule has 0 bridgehead atoms. The average Bonchev–Trinajstić information content (AvgIpc) is 3.53. The Balaban J connectivity index is 1.55. The zero-order chi connectivity index (χ0) is 27.4. The van der Waals surface area contributed by atoms with E-state index in [1.807, 2.05) is 0 Å². The molecule has 0 aliphatic carbocycles. The van der Waals surface area contributed by atoms with E-state index in [2.05, 4.69) is 21.8 Å². The number of anilines is 1. The summed E-state index contributed by atoms with van der Waals surface area (Å²) in [7, 11) is 0. The second-order valence-electron chi connectivity index (χ2n) is 8.31. The van der Waals surface area contributed by atoms with Crippen molar-refractivity contribution < 1.29 is 23.8 Å². The second kappa shape index (κ2) is 11.6. The van der Waals surface area contributed by atoms with Gasteiger partial charge in [-0.3, -0.25) is 19.5 Å². The molecule has 3 heterocycles. The van der Waals surface area contributed by atoms with Crippen LogP contribution in [0.4, 0.5) is 9.52 Å². The number of halogens is 1. The topological polar surface area (TPSA) is 106 Å². The lowest BCUT2D eigenvalue weighted by molar-refractivity contribution is -0.132. The minimum atomic E-state index is -0.997. The van der Waals surface area contributed by atoms with Gasteiger partial charge in [-0.2, -0.15) is 0 Å². The number of amides is 1. The third-order valence-corrected chi connectivity index (χ3v) is 7.96. The molecular weight excluding hydrogens is 539 g/mol. The summed E-state index contributed by atoms with van der Waals surface area (Å²) in [5, 5.41) is 19.7. The molecule has 1 aliphatic heterocycles. The molecule has 0 spiro atoms. The molecule has 4 aromatic rings. The van der Waals surface area contributed by atoms with Crippen LogP contribution < -0.4 is 9.64 Å². The molecular formula is C28H21FN4O4S2. The summed E-state index contributed by atoms with van der Waals surface area (Å²) in [6.07, 6.45) is 4.56. The summed E-state index contributed by atoms with van der Waals surface area (Å²) in [6, 6.07) is 15.4. The number of hydrogen-bond donors (Lipinski definition) is 1. The van der Waals surface area contributed by atoms with Crippen LogP contribution >= 0.6 is 23.1 Å². The maximum Gasteiger partial charge on any atom is 0.301 e. The molecule has 0 radical (unpaired) electrons. The van der Waals surface area contributed by atoms with Gasteiger partial charge < -0.3 is 9.84 Å². The van der Waals surface area contributed by atoms with Crippen molar-refractivity contribution in [3.8, 4) is 5.75 Å². The number of hydrogen-bond acceptors (Lipinski definition) is 9. The maximum atomic E-state index is 14.1. The van der Waals surface area contributed by atoms with E-state index in [1.54, 1.807) is 60.7 Å². The summed E-state index contributed by atoms with van der Waals surface area (Å²) in [5.41, 5.74) is 1.28. The summed E-state index contributed by atoms with van der Waals surface area (Å²) in [5.74, 6) is -1.55. The van der Waals surface area contributed by atoms with Gasteiger partial charge in [-0.05, 0) is 41.5 Å². The van der Waals surface area contributed by atoms with Crippen LogP contribution in [0.2, 0.25) is 0 Å². The highest BCUT2D eigenvalue weighted by Crippen LogP contribution is 2.44. The smallest absolute Gasteiger partial charge is 0.301 e. The van der Waals surface area contributed by atoms with Gasteiger partial charge in [-0.1, -0.05) is 66.1 Å². The highest BCUT2D eigenvalue weighted by atomic mass is 32.2. The molecule has 1 unspecified atom stereocenters. The largest absolute Gasteiger partial charge is 0.507 e. The lowest BCUT2D eigenvalue weighted by Crippen LogP contribution is -2.29. The average molecular weight is 561 g/mol. The van der Waals surface area contributed by atoms with Gasteiger partial charge in [0.15, 0.2) is 4.34 Å². The summed E-state index contributed by atoms with van der Waals surface area (Å²) < 4.78 is 20.2. The standard InChI is InChI=1S/C28H21FN4O4S2/c1-2-14-37-20-8-5-7-18(15-20)23-22(24(34)17-10-12-30-13-11-17)25(35)26(36)33(23)27-31-32-28(39-27)38-16-19-6-3-4-9-21(19)29/h2-13,15,23,34H,1,14,16H2. The lowest BCUT2D eigenvalue weighted by atomic mass is 9.95. The number of rotatable bonds is 9. The van der Waals surface area contributed by atoms with Crippen LogP contribution in [-0.4, -0.2) is 38.6 Å². The van der Waals surface area contributed by atoms with Crippen molar-refractivity contribution in [2.75, 3.05) is 11.5 Å². The number of ether oxygens (including phenoxy) is 1. The fourth-order valence-corrected chi connectivity index (χ4v) is 5.91. The van der Waals surface area contributed by atoms with Crippen LogP contribution in [0.3, 0.4) is 0 Å². The monoisotopic (exact) mass is 560 g/mol. The molecule has 1 atom stereocenters. The number of Topliss-reactive ketones (excluding diaryl/α,β-unsaturated/α-hetero) is 1. The first-order chi connectivity index (χ1) is 19.0. The Morgan fingerprint density at radius 2 is 1.92 bits per heavy atom. The van der Waals surface area contributed by atoms with Crippen molar-refractivity contribution in [2.45, 2.75) is 16.1 Å². The molecule has 11 heteroatoms. The van der Waals surface area contributed by atoms with Gasteiger partial charge in [0.05, 0.1) is 11.6 Å². The Morgan fingerprint density at radius 1 is 1.13 bits per heavy atom. The molecule has 196 valence electrons. The Morgan fingerprint density at radius 3 is 2.69 bits per heavy atom. The molecule has 8 nitrogen and oxygen atoms in total. The van der Waals surface area contributed by atoms with E-state index in [0.717, 1.165) is 11.3 Å². The second-order valence-corrected chi connectivity index (χ2v) is 10.5. The van der Waals surface area contributed by atoms with E-state index in [9.17, 15) is 19.1 Å². The van der Waals surface area contributed by atoms with Gasteiger partial charge in [0.1, 0.15) is 23.9 Å². The minimum Gasteiger partial charge on any atom is -0.507 e. The zero-order valence-corrected chi connectivity index (χ0v) is 22.0. The maximum absolute atomic E-state index is 14.1. The first kappa shape index (κ1) is 26.3. The fraction of sp³-hybridized carbons (Fsp3) is 0.107. The van der Waals surface area contributed by atoms with Crippen molar-refractivity contribution in [1.82, 2.24) is 15.2 Å². The lowest BCUT2D eigenvalue weighted by Gasteiger charge is -2.23. The van der Waals surface area contributed by atoms with Crippen molar-refractivity contribution in [3.05, 3.63) is 114 Å². The van der Waals surface area contributed by atoms with E-state index in [-0.39, 0.29) is 28.9 Å². The number of carbonyl (C=O) groups excluding carboxylic acids is 2. The zero-order valence-electron chi connectivity index (χ0n) is 20.4. The Bertz CT molecular complexity index is 1570. The van der Waals surface area contributed by atoms with Crippen LogP contribution in [0, 0.1) is 5.82 Å². The highest BCUT2D eigenvalue weighted by Gasteiger charge is 2.48. The predicted molar refractivity (Wildman–Crippen MR) is 147 cm³/mol. The molecule has 1 N–H and O–H groups in total. The molecule has 39 heavy (non-hydrogen) atoms. The number of pyridine rings is 1. The molecule has 1 aliphatic rings. The number of aromatic nitrogens is 3. The number of aliphatic hydroxyl groups excluding tert-OH is 1. The Hall–Kier alpha value is -4.35. The number of benzene rings is 2. The number of ketones is 1. The molecule has 1 fully saturated rings. The number of nitrogens with zero attached hydrogens (tertiary/aromatic N) is 4. The summed E-state index contributed by atoms with van der Waals surface area (Å²) in [4.78, 5) is 31.9. The van der Waals surface area contributed by atoms with Crippen molar-refractivity contribution in [1.29, 1.82) is 0 Å². The van der Waals surface area contributed by atoms with Gasteiger partial charge in [-0.25, -0.2) is 4.39 Å². The Labute approximate surface area is 231 Å². The van der Waals surface area contributed by atoms with Gasteiger partial charge in [-0.15, -0.1) is 10.2 Å². The number of aliphatic hydroxyl groups is 1. The molecule has 2 aromatic carbocycles. The molecule has 2 aromatic heterocycles. The van der Waals surface area contributed by atoms with Crippen LogP contribution in [0.1, 0.15) is 22.7 Å². The van der Waals surface area contributed by atoms with E-state index in [4.69, 9.17) is 4.74 Å². The SMILES string of the molecule is C=CCOc1cccc(C2C(=C(O)c3ccncc3)C(=O)C(=O)N2c2nnc(SCc3ccccc3F)s2)c1. The Kier molecular flexibility index (Phi) is 7.80. The predicted octanol–water partition coefficient (Wildman–Crippen LogP) is 5.56. The van der Waals surface area contributed by atoms with E-state index in [0.29, 0.717) is 32.5 Å². The quantitative estimate of drug-likeness (QED) is 0.0709. The van der Waals surface area contributed by atoms with Crippen molar-refractivity contribution in [3.63, 3.8) is 0 Å². The molecule has 1 saturated heterocycles. The van der Waals surface area contributed by atoms with Gasteiger partial charge in [0.25, 0.3) is 5.78 Å². The summed E-state index contributed by atoms with van der Waals surface area (Å²) >= 11 is 2.37. The van der Waals surface area contributed by atoms with Crippen molar-refractivity contribution >= 4 is 45.7 Å². The van der Waals surface area contributed by atoms with Gasteiger partial charge in [0, 0.05) is 23.7 Å². The van der Waals surface area contributed by atoms with Crippen LogP contribution in [0.15, 0.2) is 95.6 Å². The molecule has 5 rings (SSSR count). The number of carbonyl (C=O) groups is 2. The first-order valence-electron chi connectivity index (χ1n) is 11.7. The van der Waals surface area contributed by atoms with Gasteiger partial charge >= 0.3 is 5.91 Å². The van der Waals surface area contributed by atoms with Crippen molar-refractivity contribution in [2.24, 2.45) is 0 Å². The fourth-order valence-electron chi connectivity index (χ4n) is 4.05. The summed E-state index contributed by atoms with van der Waals surface area (Å²) in [6.45, 7) is 3.92. The highest BCUT2D eigenvalue weighted by molar-refractivity contribution is 8.00. The first-order valence-corrected chi connectivity index (χ1v) is 13.5. The van der Waals surface area contributed by atoms with Crippen LogP contribution in [0.25, 0.3) is 5.76 Å². The van der Waals surface area contributed by atoms with E-state index >= 15 is 0 Å². The minimum absolute atomic E-state index is 0.0946. The molecule has 0 saturated carbocycles. The van der Waals surface area contributed by atoms with Gasteiger partial charge in [0.2, 0.25) is 5.13 Å². The molecule has 1 amide bonds.